The summed E-state index contributed by atoms with van der Waals surface area (Å²) in [5.41, 5.74) is 2.09. The van der Waals surface area contributed by atoms with Crippen molar-refractivity contribution in [3.63, 3.8) is 0 Å². The molecule has 3 aromatic rings. The molecule has 2 fully saturated rings. The molecule has 2 bridgehead atoms. The Morgan fingerprint density at radius 1 is 1.12 bits per heavy atom. The van der Waals surface area contributed by atoms with Crippen LogP contribution in [0.2, 0.25) is 0 Å². The summed E-state index contributed by atoms with van der Waals surface area (Å²) >= 11 is 0. The van der Waals surface area contributed by atoms with Crippen LogP contribution in [-0.4, -0.2) is 59.3 Å². The number of phenolic OH excluding ortho intramolecular Hbond substituents is 1. The van der Waals surface area contributed by atoms with Crippen LogP contribution in [0, 0.1) is 23.7 Å². The van der Waals surface area contributed by atoms with Crippen LogP contribution in [0.5, 0.6) is 17.2 Å². The molecule has 1 saturated carbocycles. The maximum Gasteiger partial charge on any atom is 0.416 e. The smallest absolute Gasteiger partial charge is 0.416 e. The van der Waals surface area contributed by atoms with Crippen LogP contribution >= 0.6 is 0 Å². The molecule has 1 amide bonds. The summed E-state index contributed by atoms with van der Waals surface area (Å²) in [5, 5.41) is 14.4. The van der Waals surface area contributed by atoms with Gasteiger partial charge in [0.1, 0.15) is 11.9 Å². The fraction of sp³-hybridized carbons (Fsp3) is 0.450. The van der Waals surface area contributed by atoms with E-state index in [2.05, 4.69) is 55.3 Å². The van der Waals surface area contributed by atoms with Gasteiger partial charge in [-0.05, 0) is 42.7 Å². The number of nitrogens with one attached hydrogen (secondary N) is 1. The molecule has 2 N–H and O–H groups in total. The van der Waals surface area contributed by atoms with Gasteiger partial charge in [-0.3, -0.25) is 9.59 Å². The maximum atomic E-state index is 13.3. The second-order valence-electron chi connectivity index (χ2n) is 14.8. The molecule has 50 heavy (non-hydrogen) atoms. The molecule has 1 spiro atoms. The number of piperidine rings is 1. The highest BCUT2D eigenvalue weighted by atomic mass is 19.4. The topological polar surface area (TPSA) is 84.9 Å². The molecule has 2 heterocycles. The van der Waals surface area contributed by atoms with Crippen molar-refractivity contribution in [3.8, 4) is 29.1 Å². The third-order valence-electron chi connectivity index (χ3n) is 11.4. The van der Waals surface area contributed by atoms with Gasteiger partial charge >= 0.3 is 12.1 Å². The van der Waals surface area contributed by atoms with Gasteiger partial charge < -0.3 is 24.4 Å². The number of carbonyl (C=O) groups excluding carboxylic acids is 2. The van der Waals surface area contributed by atoms with Crippen molar-refractivity contribution in [1.29, 1.82) is 0 Å². The van der Waals surface area contributed by atoms with Crippen LogP contribution in [-0.2, 0) is 34.0 Å². The van der Waals surface area contributed by atoms with E-state index in [9.17, 15) is 27.9 Å². The van der Waals surface area contributed by atoms with Crippen molar-refractivity contribution in [3.05, 3.63) is 88.5 Å². The Balaban J connectivity index is 1.24. The molecule has 1 saturated heterocycles. The number of amides is 1. The minimum absolute atomic E-state index is 0.0919. The van der Waals surface area contributed by atoms with Crippen molar-refractivity contribution in [2.45, 2.75) is 82.7 Å². The van der Waals surface area contributed by atoms with Gasteiger partial charge in [-0.1, -0.05) is 50.1 Å². The normalized spacial score (nSPS) is 27.4. The van der Waals surface area contributed by atoms with E-state index in [1.54, 1.807) is 0 Å². The zero-order valence-electron chi connectivity index (χ0n) is 28.5. The van der Waals surface area contributed by atoms with Gasteiger partial charge in [0.15, 0.2) is 11.5 Å². The van der Waals surface area contributed by atoms with E-state index < -0.39 is 41.2 Å². The number of benzene rings is 3. The van der Waals surface area contributed by atoms with Crippen LogP contribution in [0.3, 0.4) is 0 Å². The Morgan fingerprint density at radius 3 is 2.54 bits per heavy atom. The van der Waals surface area contributed by atoms with E-state index in [0.717, 1.165) is 66.6 Å². The van der Waals surface area contributed by atoms with Crippen molar-refractivity contribution < 1.29 is 41.8 Å². The number of hydrogen-bond acceptors (Lipinski definition) is 5. The van der Waals surface area contributed by atoms with E-state index in [1.807, 2.05) is 6.07 Å². The minimum atomic E-state index is -4.46. The zero-order chi connectivity index (χ0) is 35.4. The molecule has 7 rings (SSSR count). The first-order valence-corrected chi connectivity index (χ1v) is 17.4. The fourth-order valence-electron chi connectivity index (χ4n) is 9.74. The number of phenols is 1. The summed E-state index contributed by atoms with van der Waals surface area (Å²) < 4.78 is 52.4. The van der Waals surface area contributed by atoms with E-state index in [1.165, 1.54) is 30.7 Å². The highest BCUT2D eigenvalue weighted by molar-refractivity contribution is 5.94. The van der Waals surface area contributed by atoms with Gasteiger partial charge in [0.25, 0.3) is 5.91 Å². The zero-order valence-corrected chi connectivity index (χ0v) is 28.5. The van der Waals surface area contributed by atoms with Gasteiger partial charge in [0, 0.05) is 66.7 Å². The number of ether oxygens (including phenoxy) is 2. The van der Waals surface area contributed by atoms with E-state index >= 15 is 0 Å². The lowest BCUT2D eigenvalue weighted by Gasteiger charge is -2.63. The minimum Gasteiger partial charge on any atom is -0.504 e. The van der Waals surface area contributed by atoms with Crippen molar-refractivity contribution >= 4 is 11.9 Å². The summed E-state index contributed by atoms with van der Waals surface area (Å²) in [7, 11) is 0. The predicted octanol–water partition coefficient (Wildman–Crippen LogP) is 6.33. The number of quaternary nitrogens is 1. The number of hydrogen-bond donors (Lipinski definition) is 2. The number of aromatic hydroxyl groups is 1. The van der Waals surface area contributed by atoms with Gasteiger partial charge in [-0.15, -0.1) is 0 Å². The average Bonchev–Trinajstić information content (AvgIpc) is 3.42. The quantitative estimate of drug-likeness (QED) is 0.131. The SMILES string of the molecule is CC(=O)Oc1cc(O)c2c3c1C[C@@H]1[C@@H]4CC[C@@H](NC(=O)C#Cc5ccc(C(F)(F)F)cc5)[C@H](O2)[C@]34CC[N+]1(CCc1ccccc1)CC(C)C. The molecule has 6 atom stereocenters. The highest BCUT2D eigenvalue weighted by Gasteiger charge is 2.70. The molecular weight excluding hydrogens is 645 g/mol. The lowest BCUT2D eigenvalue weighted by molar-refractivity contribution is -0.964. The first kappa shape index (κ1) is 34.0. The number of rotatable bonds is 7. The number of halogens is 3. The number of carbonyl (C=O) groups is 2. The third kappa shape index (κ3) is 5.89. The van der Waals surface area contributed by atoms with Gasteiger partial charge in [-0.25, -0.2) is 0 Å². The monoisotopic (exact) mass is 687 g/mol. The number of nitrogens with zero attached hydrogens (tertiary/aromatic N) is 1. The molecule has 10 heteroatoms. The summed E-state index contributed by atoms with van der Waals surface area (Å²) in [6.07, 6.45) is -1.09. The first-order chi connectivity index (χ1) is 23.8. The standard InChI is InChI=1S/C40H41F3N2O5/c1-24(2)23-45(19-17-26-7-5-4-6-8-26)20-18-39-30-14-15-31(44-35(48)16-11-27-9-12-28(13-10-27)40(41,42)43)38(39)50-37-33(47)22-34(49-25(3)46)29(36(37)39)21-32(30)45/h4-10,12-13,22,24,30-32,38H,14-15,17-21,23H2,1-3H3,(H-,44,47,48)/p+1/t30-,31+,32+,38-,39-,45?/m0/s1. The average molecular weight is 688 g/mol. The molecule has 262 valence electrons. The molecule has 2 aliphatic carbocycles. The second-order valence-corrected chi connectivity index (χ2v) is 14.8. The third-order valence-corrected chi connectivity index (χ3v) is 11.4. The summed E-state index contributed by atoms with van der Waals surface area (Å²) in [6, 6.07) is 16.2. The molecule has 0 aromatic heterocycles. The van der Waals surface area contributed by atoms with Crippen molar-refractivity contribution in [2.75, 3.05) is 19.6 Å². The van der Waals surface area contributed by atoms with Crippen LogP contribution in [0.25, 0.3) is 0 Å². The lowest BCUT2D eigenvalue weighted by Crippen LogP contribution is -2.75. The van der Waals surface area contributed by atoms with E-state index in [4.69, 9.17) is 9.47 Å². The fourth-order valence-corrected chi connectivity index (χ4v) is 9.74. The van der Waals surface area contributed by atoms with Gasteiger partial charge in [0.2, 0.25) is 0 Å². The molecule has 1 unspecified atom stereocenters. The Kier molecular flexibility index (Phi) is 8.62. The Hall–Kier alpha value is -4.49. The van der Waals surface area contributed by atoms with Gasteiger partial charge in [-0.2, -0.15) is 13.2 Å². The van der Waals surface area contributed by atoms with Crippen molar-refractivity contribution in [1.82, 2.24) is 5.32 Å². The first-order valence-electron chi connectivity index (χ1n) is 17.4. The summed E-state index contributed by atoms with van der Waals surface area (Å²) in [6.45, 7) is 8.76. The number of esters is 1. The van der Waals surface area contributed by atoms with Crippen LogP contribution in [0.1, 0.15) is 67.9 Å². The van der Waals surface area contributed by atoms with Crippen molar-refractivity contribution in [2.24, 2.45) is 11.8 Å². The second kappa shape index (κ2) is 12.7. The van der Waals surface area contributed by atoms with Gasteiger partial charge in [0.05, 0.1) is 42.7 Å². The molecule has 3 aromatic carbocycles. The Morgan fingerprint density at radius 2 is 1.86 bits per heavy atom. The molecule has 4 aliphatic rings. The Bertz CT molecular complexity index is 1870. The number of alkyl halides is 3. The molecular formula is C40H42F3N2O5+. The molecule has 0 radical (unpaired) electrons. The van der Waals surface area contributed by atoms with Crippen LogP contribution in [0.15, 0.2) is 60.7 Å². The molecule has 2 aliphatic heterocycles. The van der Waals surface area contributed by atoms with Crippen LogP contribution < -0.4 is 14.8 Å². The number of likely N-dealkylation sites (tertiary alicyclic amines) is 1. The summed E-state index contributed by atoms with van der Waals surface area (Å²) in [5.74, 6) is 5.54. The predicted molar refractivity (Wildman–Crippen MR) is 180 cm³/mol. The largest absolute Gasteiger partial charge is 0.504 e. The molecule has 7 nitrogen and oxygen atoms in total. The summed E-state index contributed by atoms with van der Waals surface area (Å²) in [4.78, 5) is 25.6. The van der Waals surface area contributed by atoms with E-state index in [-0.39, 0.29) is 17.7 Å². The lowest BCUT2D eigenvalue weighted by atomic mass is 9.50. The van der Waals surface area contributed by atoms with E-state index in [0.29, 0.717) is 35.8 Å². The highest BCUT2D eigenvalue weighted by Crippen LogP contribution is 2.66. The Labute approximate surface area is 290 Å². The maximum absolute atomic E-state index is 13.3. The van der Waals surface area contributed by atoms with Crippen LogP contribution in [0.4, 0.5) is 13.2 Å².